The lowest BCUT2D eigenvalue weighted by molar-refractivity contribution is 0.102. The number of carbonyl (C=O) groups is 1. The summed E-state index contributed by atoms with van der Waals surface area (Å²) in [4.78, 5) is 17.2. The minimum Gasteiger partial charge on any atom is -0.457 e. The summed E-state index contributed by atoms with van der Waals surface area (Å²) >= 11 is 0. The van der Waals surface area contributed by atoms with Crippen molar-refractivity contribution in [3.8, 4) is 11.5 Å². The number of aromatic nitrogens is 1. The lowest BCUT2D eigenvalue weighted by atomic mass is 10.1. The van der Waals surface area contributed by atoms with Crippen molar-refractivity contribution < 1.29 is 14.3 Å². The topological polar surface area (TPSA) is 60.5 Å². The number of ether oxygens (including phenoxy) is 2. The van der Waals surface area contributed by atoms with Gasteiger partial charge in [-0.15, -0.1) is 0 Å². The van der Waals surface area contributed by atoms with E-state index in [0.29, 0.717) is 22.7 Å². The van der Waals surface area contributed by atoms with Gasteiger partial charge >= 0.3 is 0 Å². The van der Waals surface area contributed by atoms with Gasteiger partial charge in [0.1, 0.15) is 11.5 Å². The summed E-state index contributed by atoms with van der Waals surface area (Å²) in [6.45, 7) is 5.73. The van der Waals surface area contributed by atoms with Crippen molar-refractivity contribution in [3.63, 3.8) is 0 Å². The molecule has 28 heavy (non-hydrogen) atoms. The molecule has 3 rings (SSSR count). The Kier molecular flexibility index (Phi) is 6.06. The van der Waals surface area contributed by atoms with E-state index in [0.717, 1.165) is 17.0 Å². The van der Waals surface area contributed by atoms with E-state index in [2.05, 4.69) is 10.3 Å². The Morgan fingerprint density at radius 1 is 1.04 bits per heavy atom. The van der Waals surface area contributed by atoms with Crippen LogP contribution in [0.25, 0.3) is 0 Å². The molecule has 2 aromatic carbocycles. The first kappa shape index (κ1) is 19.6. The number of para-hydroxylation sites is 1. The maximum absolute atomic E-state index is 12.7. The average molecular weight is 376 g/mol. The average Bonchev–Trinajstić information content (AvgIpc) is 2.69. The third-order valence-corrected chi connectivity index (χ3v) is 4.54. The van der Waals surface area contributed by atoms with Crippen LogP contribution in [0.4, 0.5) is 5.69 Å². The zero-order chi connectivity index (χ0) is 20.1. The van der Waals surface area contributed by atoms with Gasteiger partial charge in [0.05, 0.1) is 23.1 Å². The molecule has 0 aliphatic heterocycles. The number of pyridine rings is 1. The largest absolute Gasteiger partial charge is 0.457 e. The molecule has 1 amide bonds. The first-order chi connectivity index (χ1) is 13.5. The van der Waals surface area contributed by atoms with E-state index in [-0.39, 0.29) is 12.0 Å². The molecule has 1 atom stereocenters. The number of nitrogens with one attached hydrogen (secondary N) is 1. The molecule has 5 nitrogen and oxygen atoms in total. The minimum absolute atomic E-state index is 0.119. The van der Waals surface area contributed by atoms with E-state index in [1.807, 2.05) is 69.3 Å². The minimum atomic E-state index is -0.213. The van der Waals surface area contributed by atoms with Crippen molar-refractivity contribution in [2.45, 2.75) is 26.9 Å². The van der Waals surface area contributed by atoms with Crippen LogP contribution in [0.2, 0.25) is 0 Å². The van der Waals surface area contributed by atoms with Crippen molar-refractivity contribution in [3.05, 3.63) is 83.2 Å². The highest BCUT2D eigenvalue weighted by molar-refractivity contribution is 6.05. The highest BCUT2D eigenvalue weighted by Gasteiger charge is 2.14. The third kappa shape index (κ3) is 4.56. The molecule has 0 fully saturated rings. The van der Waals surface area contributed by atoms with Crippen LogP contribution in [0, 0.1) is 13.8 Å². The van der Waals surface area contributed by atoms with Gasteiger partial charge in [-0.25, -0.2) is 0 Å². The quantitative estimate of drug-likeness (QED) is 0.621. The lowest BCUT2D eigenvalue weighted by Gasteiger charge is -2.13. The number of aryl methyl sites for hydroxylation is 2. The van der Waals surface area contributed by atoms with E-state index in [4.69, 9.17) is 9.47 Å². The molecule has 0 saturated heterocycles. The Morgan fingerprint density at radius 3 is 2.54 bits per heavy atom. The molecular formula is C23H24N2O3. The number of hydrogen-bond acceptors (Lipinski definition) is 4. The highest BCUT2D eigenvalue weighted by atomic mass is 16.5. The monoisotopic (exact) mass is 376 g/mol. The summed E-state index contributed by atoms with van der Waals surface area (Å²) in [7, 11) is 1.63. The molecule has 0 radical (unpaired) electrons. The number of methoxy groups -OCH3 is 1. The fourth-order valence-electron chi connectivity index (χ4n) is 2.80. The fourth-order valence-corrected chi connectivity index (χ4v) is 2.80. The van der Waals surface area contributed by atoms with Gasteiger partial charge in [-0.2, -0.15) is 0 Å². The standard InChI is InChI=1S/C23H24N2O3/c1-15-8-5-6-11-22(15)28-19-10-7-9-18(14-19)25-23(26)20-12-13-21(17(3)27-4)24-16(20)2/h5-14,17H,1-4H3,(H,25,26). The number of amides is 1. The van der Waals surface area contributed by atoms with Crippen LogP contribution in [-0.2, 0) is 4.74 Å². The van der Waals surface area contributed by atoms with Crippen molar-refractivity contribution in [1.29, 1.82) is 0 Å². The van der Waals surface area contributed by atoms with Crippen LogP contribution in [-0.4, -0.2) is 18.0 Å². The van der Waals surface area contributed by atoms with E-state index in [1.54, 1.807) is 19.2 Å². The zero-order valence-electron chi connectivity index (χ0n) is 16.5. The van der Waals surface area contributed by atoms with E-state index < -0.39 is 0 Å². The smallest absolute Gasteiger partial charge is 0.257 e. The molecule has 0 spiro atoms. The van der Waals surface area contributed by atoms with Crippen LogP contribution in [0.15, 0.2) is 60.7 Å². The molecular weight excluding hydrogens is 352 g/mol. The molecule has 1 unspecified atom stereocenters. The third-order valence-electron chi connectivity index (χ3n) is 4.54. The van der Waals surface area contributed by atoms with Crippen molar-refractivity contribution in [2.75, 3.05) is 12.4 Å². The first-order valence-corrected chi connectivity index (χ1v) is 9.13. The Labute approximate surface area is 165 Å². The van der Waals surface area contributed by atoms with E-state index >= 15 is 0 Å². The molecule has 1 heterocycles. The maximum Gasteiger partial charge on any atom is 0.257 e. The molecule has 0 saturated carbocycles. The van der Waals surface area contributed by atoms with Crippen LogP contribution >= 0.6 is 0 Å². The molecule has 1 aromatic heterocycles. The fraction of sp³-hybridized carbons (Fsp3) is 0.217. The normalized spacial score (nSPS) is 11.7. The molecule has 3 aromatic rings. The summed E-state index contributed by atoms with van der Waals surface area (Å²) in [5.41, 5.74) is 3.68. The van der Waals surface area contributed by atoms with Gasteiger partial charge in [0.15, 0.2) is 0 Å². The highest BCUT2D eigenvalue weighted by Crippen LogP contribution is 2.27. The van der Waals surface area contributed by atoms with Crippen LogP contribution in [0.1, 0.15) is 40.3 Å². The Balaban J connectivity index is 1.75. The van der Waals surface area contributed by atoms with Gasteiger partial charge in [-0.05, 0) is 56.7 Å². The molecule has 0 aliphatic rings. The number of benzene rings is 2. The second kappa shape index (κ2) is 8.67. The number of rotatable bonds is 6. The predicted molar refractivity (Wildman–Crippen MR) is 110 cm³/mol. The summed E-state index contributed by atoms with van der Waals surface area (Å²) in [6, 6.07) is 18.7. The second-order valence-electron chi connectivity index (χ2n) is 6.60. The van der Waals surface area contributed by atoms with Gasteiger partial charge in [0.25, 0.3) is 5.91 Å². The lowest BCUT2D eigenvalue weighted by Crippen LogP contribution is -2.15. The number of hydrogen-bond donors (Lipinski definition) is 1. The molecule has 0 bridgehead atoms. The number of anilines is 1. The molecule has 1 N–H and O–H groups in total. The van der Waals surface area contributed by atoms with Crippen molar-refractivity contribution in [2.24, 2.45) is 0 Å². The summed E-state index contributed by atoms with van der Waals surface area (Å²) < 4.78 is 11.2. The van der Waals surface area contributed by atoms with Gasteiger partial charge < -0.3 is 14.8 Å². The van der Waals surface area contributed by atoms with Gasteiger partial charge in [0.2, 0.25) is 0 Å². The molecule has 0 aliphatic carbocycles. The summed E-state index contributed by atoms with van der Waals surface area (Å²) in [6.07, 6.45) is -0.119. The Hall–Kier alpha value is -3.18. The number of carbonyl (C=O) groups excluding carboxylic acids is 1. The van der Waals surface area contributed by atoms with Crippen molar-refractivity contribution >= 4 is 11.6 Å². The summed E-state index contributed by atoms with van der Waals surface area (Å²) in [5.74, 6) is 1.23. The second-order valence-corrected chi connectivity index (χ2v) is 6.60. The SMILES string of the molecule is COC(C)c1ccc(C(=O)Nc2cccc(Oc3ccccc3C)c2)c(C)n1. The molecule has 144 valence electrons. The van der Waals surface area contributed by atoms with E-state index in [1.165, 1.54) is 0 Å². The first-order valence-electron chi connectivity index (χ1n) is 9.13. The van der Waals surface area contributed by atoms with Gasteiger partial charge in [0, 0.05) is 18.9 Å². The van der Waals surface area contributed by atoms with Crippen LogP contribution in [0.3, 0.4) is 0 Å². The Morgan fingerprint density at radius 2 is 1.82 bits per heavy atom. The predicted octanol–water partition coefficient (Wildman–Crippen LogP) is 5.45. The van der Waals surface area contributed by atoms with E-state index in [9.17, 15) is 4.79 Å². The Bertz CT molecular complexity index is 985. The zero-order valence-corrected chi connectivity index (χ0v) is 16.5. The summed E-state index contributed by atoms with van der Waals surface area (Å²) in [5, 5.41) is 2.91. The van der Waals surface area contributed by atoms with Crippen molar-refractivity contribution in [1.82, 2.24) is 4.98 Å². The maximum atomic E-state index is 12.7. The van der Waals surface area contributed by atoms with Crippen LogP contribution < -0.4 is 10.1 Å². The van der Waals surface area contributed by atoms with Gasteiger partial charge in [-0.1, -0.05) is 24.3 Å². The molecule has 5 heteroatoms. The number of nitrogens with zero attached hydrogens (tertiary/aromatic N) is 1. The van der Waals surface area contributed by atoms with Crippen LogP contribution in [0.5, 0.6) is 11.5 Å². The van der Waals surface area contributed by atoms with Gasteiger partial charge in [-0.3, -0.25) is 9.78 Å².